The van der Waals surface area contributed by atoms with Gasteiger partial charge in [-0.3, -0.25) is 4.79 Å². The number of ketones is 1. The Kier molecular flexibility index (Phi) is 3.15. The van der Waals surface area contributed by atoms with Gasteiger partial charge in [0, 0.05) is 12.8 Å². The van der Waals surface area contributed by atoms with Crippen LogP contribution in [0.25, 0.3) is 0 Å². The first-order valence-corrected chi connectivity index (χ1v) is 6.49. The Balaban J connectivity index is 1.99. The van der Waals surface area contributed by atoms with Crippen LogP contribution in [-0.4, -0.2) is 17.7 Å². The number of hydrogen-bond acceptors (Lipinski definition) is 4. The second-order valence-corrected chi connectivity index (χ2v) is 5.27. The van der Waals surface area contributed by atoms with Crippen molar-refractivity contribution in [1.29, 1.82) is 0 Å². The van der Waals surface area contributed by atoms with Gasteiger partial charge in [0.05, 0.1) is 0 Å². The molecule has 1 spiro atoms. The zero-order valence-corrected chi connectivity index (χ0v) is 10.6. The molecule has 96 valence electrons. The normalized spacial score (nSPS) is 30.0. The molecule has 1 atom stereocenters. The van der Waals surface area contributed by atoms with Crippen molar-refractivity contribution >= 4 is 11.9 Å². The van der Waals surface area contributed by atoms with Crippen LogP contribution in [0.1, 0.15) is 58.8 Å². The van der Waals surface area contributed by atoms with E-state index in [1.165, 1.54) is 12.8 Å². The van der Waals surface area contributed by atoms with E-state index in [1.807, 2.05) is 6.92 Å². The first-order chi connectivity index (χ1) is 8.04. The highest BCUT2D eigenvalue weighted by molar-refractivity contribution is 5.90. The van der Waals surface area contributed by atoms with E-state index >= 15 is 0 Å². The number of hydrogen-bond donors (Lipinski definition) is 0. The van der Waals surface area contributed by atoms with E-state index < -0.39 is 17.4 Å². The van der Waals surface area contributed by atoms with Crippen LogP contribution >= 0.6 is 0 Å². The van der Waals surface area contributed by atoms with Gasteiger partial charge in [0.1, 0.15) is 11.2 Å². The maximum Gasteiger partial charge on any atom is 0.514 e. The first kappa shape index (κ1) is 12.4. The Bertz CT molecular complexity index is 328. The minimum absolute atomic E-state index is 0.168. The van der Waals surface area contributed by atoms with E-state index in [2.05, 4.69) is 6.92 Å². The van der Waals surface area contributed by atoms with Gasteiger partial charge in [-0.1, -0.05) is 32.6 Å². The van der Waals surface area contributed by atoms with Gasteiger partial charge < -0.3 is 9.47 Å². The monoisotopic (exact) mass is 240 g/mol. The average Bonchev–Trinajstić information content (AvgIpc) is 2.50. The van der Waals surface area contributed by atoms with Gasteiger partial charge in [-0.25, -0.2) is 4.79 Å². The lowest BCUT2D eigenvalue weighted by Gasteiger charge is -2.46. The molecule has 1 saturated carbocycles. The number of carbonyl (C=O) groups is 2. The summed E-state index contributed by atoms with van der Waals surface area (Å²) >= 11 is 0. The van der Waals surface area contributed by atoms with Crippen LogP contribution in [0.4, 0.5) is 4.79 Å². The Hall–Kier alpha value is -1.06. The fourth-order valence-corrected chi connectivity index (χ4v) is 2.88. The average molecular weight is 240 g/mol. The van der Waals surface area contributed by atoms with Gasteiger partial charge in [-0.05, 0) is 13.3 Å². The minimum atomic E-state index is -0.937. The van der Waals surface area contributed by atoms with Crippen LogP contribution in [0.15, 0.2) is 0 Å². The molecule has 4 heteroatoms. The third kappa shape index (κ3) is 1.83. The van der Waals surface area contributed by atoms with E-state index in [0.29, 0.717) is 12.8 Å². The maximum atomic E-state index is 12.0. The van der Waals surface area contributed by atoms with Crippen LogP contribution in [0.3, 0.4) is 0 Å². The molecular weight excluding hydrogens is 220 g/mol. The second kappa shape index (κ2) is 4.31. The molecule has 0 bridgehead atoms. The van der Waals surface area contributed by atoms with E-state index in [9.17, 15) is 9.59 Å². The fraction of sp³-hybridized carbons (Fsp3) is 0.846. The molecular formula is C13H20O4. The van der Waals surface area contributed by atoms with Crippen molar-refractivity contribution in [2.75, 3.05) is 0 Å². The topological polar surface area (TPSA) is 52.6 Å². The van der Waals surface area contributed by atoms with Gasteiger partial charge in [0.2, 0.25) is 0 Å². The lowest BCUT2D eigenvalue weighted by atomic mass is 9.77. The molecule has 1 unspecified atom stereocenters. The number of Topliss-reactive ketones (excluding diaryl/α,β-unsaturated/α-hetero) is 1. The van der Waals surface area contributed by atoms with Crippen molar-refractivity contribution in [1.82, 2.24) is 0 Å². The number of ether oxygens (including phenoxy) is 2. The quantitative estimate of drug-likeness (QED) is 0.547. The highest BCUT2D eigenvalue weighted by Gasteiger charge is 2.68. The van der Waals surface area contributed by atoms with E-state index in [4.69, 9.17) is 9.47 Å². The fourth-order valence-electron chi connectivity index (χ4n) is 2.88. The lowest BCUT2D eigenvalue weighted by molar-refractivity contribution is -0.309. The molecule has 2 aliphatic rings. The third-order valence-electron chi connectivity index (χ3n) is 4.16. The summed E-state index contributed by atoms with van der Waals surface area (Å²) < 4.78 is 10.3. The predicted molar refractivity (Wildman–Crippen MR) is 61.4 cm³/mol. The molecule has 0 aromatic rings. The van der Waals surface area contributed by atoms with E-state index in [1.54, 1.807) is 0 Å². The Morgan fingerprint density at radius 3 is 2.47 bits per heavy atom. The molecule has 1 heterocycles. The van der Waals surface area contributed by atoms with E-state index in [0.717, 1.165) is 19.3 Å². The highest BCUT2D eigenvalue weighted by atomic mass is 16.9. The summed E-state index contributed by atoms with van der Waals surface area (Å²) in [7, 11) is 0. The predicted octanol–water partition coefficient (Wildman–Crippen LogP) is 3.19. The Morgan fingerprint density at radius 1 is 1.18 bits per heavy atom. The molecule has 0 N–H and O–H groups in total. The van der Waals surface area contributed by atoms with Gasteiger partial charge in [-0.2, -0.15) is 0 Å². The van der Waals surface area contributed by atoms with Crippen molar-refractivity contribution in [3.63, 3.8) is 0 Å². The van der Waals surface area contributed by atoms with Crippen molar-refractivity contribution < 1.29 is 19.1 Å². The molecule has 1 aliphatic carbocycles. The molecule has 4 nitrogen and oxygen atoms in total. The SMILES string of the molecule is CCCCCCC1(C)C(=O)CCC12OC(=O)O2. The molecule has 1 saturated heterocycles. The minimum Gasteiger partial charge on any atom is -0.390 e. The molecule has 0 amide bonds. The molecule has 0 aromatic heterocycles. The summed E-state index contributed by atoms with van der Waals surface area (Å²) in [5.74, 6) is -0.769. The van der Waals surface area contributed by atoms with Gasteiger partial charge in [0.25, 0.3) is 5.79 Å². The summed E-state index contributed by atoms with van der Waals surface area (Å²) in [6, 6.07) is 0. The zero-order chi connectivity index (χ0) is 12.5. The van der Waals surface area contributed by atoms with Gasteiger partial charge in [-0.15, -0.1) is 0 Å². The lowest BCUT2D eigenvalue weighted by Crippen LogP contribution is -2.59. The van der Waals surface area contributed by atoms with Crippen LogP contribution in [-0.2, 0) is 14.3 Å². The van der Waals surface area contributed by atoms with Gasteiger partial charge in [0.15, 0.2) is 0 Å². The number of carbonyl (C=O) groups excluding carboxylic acids is 2. The third-order valence-corrected chi connectivity index (χ3v) is 4.16. The molecule has 17 heavy (non-hydrogen) atoms. The molecule has 1 aliphatic heterocycles. The molecule has 2 rings (SSSR count). The largest absolute Gasteiger partial charge is 0.514 e. The van der Waals surface area contributed by atoms with Crippen LogP contribution in [0, 0.1) is 5.41 Å². The first-order valence-electron chi connectivity index (χ1n) is 6.49. The van der Waals surface area contributed by atoms with Crippen LogP contribution in [0.5, 0.6) is 0 Å². The van der Waals surface area contributed by atoms with Crippen molar-refractivity contribution in [3.8, 4) is 0 Å². The van der Waals surface area contributed by atoms with Crippen molar-refractivity contribution in [3.05, 3.63) is 0 Å². The Morgan fingerprint density at radius 2 is 1.88 bits per heavy atom. The summed E-state index contributed by atoms with van der Waals surface area (Å²) in [6.45, 7) is 4.03. The summed E-state index contributed by atoms with van der Waals surface area (Å²) in [5, 5.41) is 0. The van der Waals surface area contributed by atoms with Crippen molar-refractivity contribution in [2.24, 2.45) is 5.41 Å². The summed E-state index contributed by atoms with van der Waals surface area (Å²) in [4.78, 5) is 22.9. The standard InChI is InChI=1S/C13H20O4/c1-3-4-5-6-8-12(2)10(14)7-9-13(12)16-11(15)17-13/h3-9H2,1-2H3. The number of rotatable bonds is 5. The summed E-state index contributed by atoms with van der Waals surface area (Å²) in [6.07, 6.45) is 5.53. The van der Waals surface area contributed by atoms with E-state index in [-0.39, 0.29) is 5.78 Å². The van der Waals surface area contributed by atoms with Crippen LogP contribution < -0.4 is 0 Å². The summed E-state index contributed by atoms with van der Waals surface area (Å²) in [5.41, 5.74) is -0.630. The highest BCUT2D eigenvalue weighted by Crippen LogP contribution is 2.54. The maximum absolute atomic E-state index is 12.0. The number of unbranched alkanes of at least 4 members (excludes halogenated alkanes) is 3. The smallest absolute Gasteiger partial charge is 0.390 e. The second-order valence-electron chi connectivity index (χ2n) is 5.27. The van der Waals surface area contributed by atoms with Gasteiger partial charge >= 0.3 is 6.16 Å². The van der Waals surface area contributed by atoms with Crippen LogP contribution in [0.2, 0.25) is 0 Å². The molecule has 0 radical (unpaired) electrons. The molecule has 2 fully saturated rings. The zero-order valence-electron chi connectivity index (χ0n) is 10.6. The Labute approximate surface area is 102 Å². The van der Waals surface area contributed by atoms with Crippen molar-refractivity contribution in [2.45, 2.75) is 64.6 Å². The molecule has 0 aromatic carbocycles.